The molecule has 1 amide bonds. The summed E-state index contributed by atoms with van der Waals surface area (Å²) in [5, 5.41) is 0.453. The maximum atomic E-state index is 13.2. The summed E-state index contributed by atoms with van der Waals surface area (Å²) in [5.74, 6) is -2.27. The van der Waals surface area contributed by atoms with Crippen LogP contribution < -0.4 is 4.90 Å². The van der Waals surface area contributed by atoms with Gasteiger partial charge in [0.15, 0.2) is 0 Å². The maximum absolute atomic E-state index is 13.2. The minimum absolute atomic E-state index is 0.0583. The highest BCUT2D eigenvalue weighted by Gasteiger charge is 2.40. The van der Waals surface area contributed by atoms with Crippen LogP contribution in [0.3, 0.4) is 0 Å². The Balaban J connectivity index is 2.56. The first-order valence-electron chi connectivity index (χ1n) is 8.47. The van der Waals surface area contributed by atoms with Gasteiger partial charge in [-0.25, -0.2) is 9.59 Å². The van der Waals surface area contributed by atoms with Crippen molar-refractivity contribution >= 4 is 35.1 Å². The van der Waals surface area contributed by atoms with Crippen LogP contribution in [0.15, 0.2) is 54.6 Å². The molecule has 6 nitrogen and oxygen atoms in total. The molecule has 27 heavy (non-hydrogen) atoms. The van der Waals surface area contributed by atoms with E-state index in [-0.39, 0.29) is 13.2 Å². The number of carbonyl (C=O) groups excluding carboxylic acids is 3. The van der Waals surface area contributed by atoms with Crippen LogP contribution in [0.1, 0.15) is 24.2 Å². The van der Waals surface area contributed by atoms with Crippen molar-refractivity contribution in [3.8, 4) is 0 Å². The predicted molar refractivity (Wildman–Crippen MR) is 102 cm³/mol. The van der Waals surface area contributed by atoms with E-state index in [0.717, 1.165) is 4.90 Å². The second-order valence-electron chi connectivity index (χ2n) is 5.42. The van der Waals surface area contributed by atoms with Crippen LogP contribution in [-0.2, 0) is 19.1 Å². The van der Waals surface area contributed by atoms with E-state index in [4.69, 9.17) is 21.1 Å². The second kappa shape index (κ2) is 9.73. The second-order valence-corrected chi connectivity index (χ2v) is 5.86. The molecule has 0 aliphatic rings. The Labute approximate surface area is 162 Å². The Morgan fingerprint density at radius 1 is 0.889 bits per heavy atom. The summed E-state index contributed by atoms with van der Waals surface area (Å²) in [6.45, 7) is 3.35. The lowest BCUT2D eigenvalue weighted by Gasteiger charge is -2.29. The lowest BCUT2D eigenvalue weighted by Crippen LogP contribution is -2.51. The minimum atomic E-state index is -1.57. The Hall–Kier alpha value is -2.86. The highest BCUT2D eigenvalue weighted by atomic mass is 35.5. The van der Waals surface area contributed by atoms with Crippen molar-refractivity contribution < 1.29 is 23.9 Å². The molecule has 0 aliphatic carbocycles. The molecule has 142 valence electrons. The molecular formula is C20H20ClNO5. The highest BCUT2D eigenvalue weighted by molar-refractivity contribution is 6.30. The van der Waals surface area contributed by atoms with Crippen LogP contribution in [0.2, 0.25) is 5.02 Å². The first-order valence-corrected chi connectivity index (χ1v) is 8.84. The van der Waals surface area contributed by atoms with Crippen LogP contribution in [0.4, 0.5) is 5.69 Å². The van der Waals surface area contributed by atoms with Crippen LogP contribution in [0.25, 0.3) is 0 Å². The van der Waals surface area contributed by atoms with Crippen molar-refractivity contribution in [1.29, 1.82) is 0 Å². The number of ether oxygens (including phenoxy) is 2. The maximum Gasteiger partial charge on any atom is 0.341 e. The quantitative estimate of drug-likeness (QED) is 0.535. The molecule has 0 aromatic heterocycles. The van der Waals surface area contributed by atoms with Crippen molar-refractivity contribution in [3.63, 3.8) is 0 Å². The normalized spacial score (nSPS) is 10.4. The number of amides is 1. The Bertz CT molecular complexity index is 774. The van der Waals surface area contributed by atoms with Gasteiger partial charge in [0.1, 0.15) is 0 Å². The molecule has 2 aromatic rings. The van der Waals surface area contributed by atoms with Gasteiger partial charge in [0.25, 0.3) is 5.91 Å². The van der Waals surface area contributed by atoms with Crippen LogP contribution in [0.5, 0.6) is 0 Å². The molecule has 0 atom stereocenters. The van der Waals surface area contributed by atoms with Crippen molar-refractivity contribution in [2.45, 2.75) is 19.9 Å². The Morgan fingerprint density at radius 2 is 1.41 bits per heavy atom. The average molecular weight is 390 g/mol. The van der Waals surface area contributed by atoms with Gasteiger partial charge in [0.2, 0.25) is 6.04 Å². The van der Waals surface area contributed by atoms with Gasteiger partial charge < -0.3 is 9.47 Å². The van der Waals surface area contributed by atoms with Crippen molar-refractivity contribution in [1.82, 2.24) is 0 Å². The standard InChI is InChI=1S/C20H20ClNO5/c1-3-26-19(24)17(20(25)27-4-2)22(16-12-10-15(21)11-13-16)18(23)14-8-6-5-7-9-14/h5-13,17H,3-4H2,1-2H3. The highest BCUT2D eigenvalue weighted by Crippen LogP contribution is 2.24. The summed E-state index contributed by atoms with van der Waals surface area (Å²) in [6.07, 6.45) is 0. The lowest BCUT2D eigenvalue weighted by molar-refractivity contribution is -0.156. The molecule has 0 saturated carbocycles. The summed E-state index contributed by atoms with van der Waals surface area (Å²) in [7, 11) is 0. The molecule has 0 saturated heterocycles. The zero-order chi connectivity index (χ0) is 19.8. The molecule has 2 aromatic carbocycles. The first-order chi connectivity index (χ1) is 13.0. The van der Waals surface area contributed by atoms with Crippen LogP contribution in [-0.4, -0.2) is 37.1 Å². The molecule has 0 radical (unpaired) electrons. The van der Waals surface area contributed by atoms with Gasteiger partial charge in [-0.3, -0.25) is 9.69 Å². The summed E-state index contributed by atoms with van der Waals surface area (Å²) in [5.41, 5.74) is 0.630. The Kier molecular flexibility index (Phi) is 7.37. The summed E-state index contributed by atoms with van der Waals surface area (Å²) in [4.78, 5) is 39.3. The van der Waals surface area contributed by atoms with Gasteiger partial charge in [0, 0.05) is 16.3 Å². The van der Waals surface area contributed by atoms with Gasteiger partial charge in [-0.15, -0.1) is 0 Å². The molecule has 0 spiro atoms. The topological polar surface area (TPSA) is 72.9 Å². The number of hydrogen-bond acceptors (Lipinski definition) is 5. The van der Waals surface area contributed by atoms with Crippen LogP contribution in [0, 0.1) is 0 Å². The molecule has 0 heterocycles. The van der Waals surface area contributed by atoms with Crippen LogP contribution >= 0.6 is 11.6 Å². The van der Waals surface area contributed by atoms with E-state index in [1.807, 2.05) is 0 Å². The summed E-state index contributed by atoms with van der Waals surface area (Å²) >= 11 is 5.93. The minimum Gasteiger partial charge on any atom is -0.464 e. The number of anilines is 1. The zero-order valence-corrected chi connectivity index (χ0v) is 15.8. The zero-order valence-electron chi connectivity index (χ0n) is 15.1. The SMILES string of the molecule is CCOC(=O)C(C(=O)OCC)N(C(=O)c1ccccc1)c1ccc(Cl)cc1. The smallest absolute Gasteiger partial charge is 0.341 e. The third-order valence-corrected chi connectivity index (χ3v) is 3.87. The third kappa shape index (κ3) is 5.08. The van der Waals surface area contributed by atoms with Crippen molar-refractivity contribution in [3.05, 3.63) is 65.2 Å². The Morgan fingerprint density at radius 3 is 1.89 bits per heavy atom. The number of carbonyl (C=O) groups is 3. The van der Waals surface area contributed by atoms with Crippen molar-refractivity contribution in [2.75, 3.05) is 18.1 Å². The molecule has 0 aliphatic heterocycles. The monoisotopic (exact) mass is 389 g/mol. The van der Waals surface area contributed by atoms with E-state index in [9.17, 15) is 14.4 Å². The van der Waals surface area contributed by atoms with Crippen molar-refractivity contribution in [2.24, 2.45) is 0 Å². The number of rotatable bonds is 7. The number of nitrogens with zero attached hydrogens (tertiary/aromatic N) is 1. The molecular weight excluding hydrogens is 370 g/mol. The van der Waals surface area contributed by atoms with Gasteiger partial charge in [-0.1, -0.05) is 29.8 Å². The largest absolute Gasteiger partial charge is 0.464 e. The molecule has 2 rings (SSSR count). The number of hydrogen-bond donors (Lipinski definition) is 0. The van der Waals surface area contributed by atoms with E-state index < -0.39 is 23.9 Å². The predicted octanol–water partition coefficient (Wildman–Crippen LogP) is 3.48. The summed E-state index contributed by atoms with van der Waals surface area (Å²) < 4.78 is 10.0. The van der Waals surface area contributed by atoms with Gasteiger partial charge >= 0.3 is 11.9 Å². The number of esters is 2. The molecule has 0 unspecified atom stereocenters. The first kappa shape index (κ1) is 20.5. The fourth-order valence-corrected chi connectivity index (χ4v) is 2.58. The third-order valence-electron chi connectivity index (χ3n) is 3.62. The van der Waals surface area contributed by atoms with E-state index >= 15 is 0 Å². The average Bonchev–Trinajstić information content (AvgIpc) is 2.67. The van der Waals surface area contributed by atoms with Gasteiger partial charge in [0.05, 0.1) is 13.2 Å². The fraction of sp³-hybridized carbons (Fsp3) is 0.250. The number of benzene rings is 2. The molecule has 0 bridgehead atoms. The lowest BCUT2D eigenvalue weighted by atomic mass is 10.1. The van der Waals surface area contributed by atoms with Gasteiger partial charge in [-0.2, -0.15) is 0 Å². The van der Waals surface area contributed by atoms with Gasteiger partial charge in [-0.05, 0) is 50.2 Å². The van der Waals surface area contributed by atoms with E-state index in [1.54, 1.807) is 68.4 Å². The van der Waals surface area contributed by atoms with E-state index in [1.165, 1.54) is 0 Å². The fourth-order valence-electron chi connectivity index (χ4n) is 2.45. The molecule has 0 N–H and O–H groups in total. The number of halogens is 1. The molecule has 0 fully saturated rings. The summed E-state index contributed by atoms with van der Waals surface area (Å²) in [6, 6.07) is 13.0. The molecule has 7 heteroatoms. The van der Waals surface area contributed by atoms with E-state index in [2.05, 4.69) is 0 Å². The van der Waals surface area contributed by atoms with E-state index in [0.29, 0.717) is 16.3 Å².